The third-order valence-electron chi connectivity index (χ3n) is 3.04. The standard InChI is InChI=1S/C17H14N2/c1-2-5-9-14(8-4-1)16-12-17(19-18-13-16)15-10-6-3-7-11-15/h1,3-13H,2H2. The third kappa shape index (κ3) is 2.68. The van der Waals surface area contributed by atoms with Gasteiger partial charge in [0.05, 0.1) is 11.9 Å². The SMILES string of the molecule is C1=CCC=CC(c2cnnc(-c3ccccc3)c2)=C1. The number of rotatable bonds is 2. The molecule has 19 heavy (non-hydrogen) atoms. The van der Waals surface area contributed by atoms with Gasteiger partial charge in [0.15, 0.2) is 0 Å². The van der Waals surface area contributed by atoms with Gasteiger partial charge in [-0.3, -0.25) is 0 Å². The van der Waals surface area contributed by atoms with E-state index in [9.17, 15) is 0 Å². The first kappa shape index (κ1) is 11.6. The second-order valence-electron chi connectivity index (χ2n) is 4.38. The average Bonchev–Trinajstić information content (AvgIpc) is 2.77. The van der Waals surface area contributed by atoms with Crippen LogP contribution in [0.15, 0.2) is 73.0 Å². The highest BCUT2D eigenvalue weighted by Gasteiger charge is 2.04. The van der Waals surface area contributed by atoms with Crippen LogP contribution in [0.1, 0.15) is 12.0 Å². The Kier molecular flexibility index (Phi) is 3.32. The van der Waals surface area contributed by atoms with Crippen LogP contribution in [-0.4, -0.2) is 10.2 Å². The Morgan fingerprint density at radius 2 is 1.84 bits per heavy atom. The van der Waals surface area contributed by atoms with Crippen LogP contribution in [-0.2, 0) is 0 Å². The molecule has 0 fully saturated rings. The Balaban J connectivity index is 2.01. The molecular weight excluding hydrogens is 232 g/mol. The quantitative estimate of drug-likeness (QED) is 0.799. The second kappa shape index (κ2) is 5.44. The molecule has 92 valence electrons. The lowest BCUT2D eigenvalue weighted by Crippen LogP contribution is -1.91. The molecule has 0 saturated heterocycles. The maximum atomic E-state index is 4.21. The number of nitrogens with zero attached hydrogens (tertiary/aromatic N) is 2. The Morgan fingerprint density at radius 1 is 0.947 bits per heavy atom. The van der Waals surface area contributed by atoms with Crippen molar-refractivity contribution in [2.45, 2.75) is 6.42 Å². The van der Waals surface area contributed by atoms with E-state index in [0.717, 1.165) is 23.2 Å². The summed E-state index contributed by atoms with van der Waals surface area (Å²) >= 11 is 0. The van der Waals surface area contributed by atoms with Gasteiger partial charge < -0.3 is 0 Å². The van der Waals surface area contributed by atoms with Gasteiger partial charge >= 0.3 is 0 Å². The number of allylic oxidation sites excluding steroid dienone is 6. The van der Waals surface area contributed by atoms with Gasteiger partial charge in [-0.05, 0) is 18.1 Å². The molecule has 2 nitrogen and oxygen atoms in total. The fourth-order valence-corrected chi connectivity index (χ4v) is 2.05. The maximum Gasteiger partial charge on any atom is 0.0935 e. The fourth-order valence-electron chi connectivity index (χ4n) is 2.05. The highest BCUT2D eigenvalue weighted by molar-refractivity contribution is 5.77. The van der Waals surface area contributed by atoms with Gasteiger partial charge in [-0.1, -0.05) is 60.7 Å². The van der Waals surface area contributed by atoms with Gasteiger partial charge in [-0.2, -0.15) is 10.2 Å². The molecule has 0 atom stereocenters. The molecule has 0 bridgehead atoms. The van der Waals surface area contributed by atoms with Crippen LogP contribution < -0.4 is 0 Å². The molecular formula is C17H14N2. The summed E-state index contributed by atoms with van der Waals surface area (Å²) < 4.78 is 0. The lowest BCUT2D eigenvalue weighted by molar-refractivity contribution is 1.03. The Bertz CT molecular complexity index is 652. The topological polar surface area (TPSA) is 25.8 Å². The fraction of sp³-hybridized carbons (Fsp3) is 0.0588. The molecule has 0 amide bonds. The summed E-state index contributed by atoms with van der Waals surface area (Å²) in [6.07, 6.45) is 13.4. The average molecular weight is 246 g/mol. The Morgan fingerprint density at radius 3 is 2.74 bits per heavy atom. The molecule has 0 spiro atoms. The zero-order valence-electron chi connectivity index (χ0n) is 10.5. The summed E-state index contributed by atoms with van der Waals surface area (Å²) in [5.74, 6) is 0. The first-order valence-electron chi connectivity index (χ1n) is 6.35. The van der Waals surface area contributed by atoms with Crippen LogP contribution in [0.3, 0.4) is 0 Å². The molecule has 0 unspecified atom stereocenters. The summed E-state index contributed by atoms with van der Waals surface area (Å²) in [4.78, 5) is 0. The molecule has 0 radical (unpaired) electrons. The van der Waals surface area contributed by atoms with Gasteiger partial charge in [0.25, 0.3) is 0 Å². The van der Waals surface area contributed by atoms with Gasteiger partial charge in [-0.25, -0.2) is 0 Å². The van der Waals surface area contributed by atoms with Crippen molar-refractivity contribution in [2.75, 3.05) is 0 Å². The summed E-state index contributed by atoms with van der Waals surface area (Å²) in [6, 6.07) is 12.2. The van der Waals surface area contributed by atoms with Crippen molar-refractivity contribution in [1.29, 1.82) is 0 Å². The van der Waals surface area contributed by atoms with Crippen molar-refractivity contribution < 1.29 is 0 Å². The smallest absolute Gasteiger partial charge is 0.0935 e. The Hall–Kier alpha value is -2.48. The van der Waals surface area contributed by atoms with Crippen molar-refractivity contribution in [1.82, 2.24) is 10.2 Å². The summed E-state index contributed by atoms with van der Waals surface area (Å²) in [5, 5.41) is 8.33. The normalized spacial score (nSPS) is 14.0. The minimum absolute atomic E-state index is 0.903. The van der Waals surface area contributed by atoms with Crippen molar-refractivity contribution in [3.63, 3.8) is 0 Å². The van der Waals surface area contributed by atoms with Crippen LogP contribution >= 0.6 is 0 Å². The van der Waals surface area contributed by atoms with Crippen molar-refractivity contribution >= 4 is 5.57 Å². The van der Waals surface area contributed by atoms with E-state index in [-0.39, 0.29) is 0 Å². The van der Waals surface area contributed by atoms with E-state index in [4.69, 9.17) is 0 Å². The molecule has 3 rings (SSSR count). The van der Waals surface area contributed by atoms with E-state index in [1.165, 1.54) is 5.57 Å². The summed E-state index contributed by atoms with van der Waals surface area (Å²) in [5.41, 5.74) is 4.25. The molecule has 2 aromatic rings. The van der Waals surface area contributed by atoms with Gasteiger partial charge in [0.2, 0.25) is 0 Å². The summed E-state index contributed by atoms with van der Waals surface area (Å²) in [7, 11) is 0. The minimum Gasteiger partial charge on any atom is -0.158 e. The van der Waals surface area contributed by atoms with E-state index < -0.39 is 0 Å². The number of hydrogen-bond donors (Lipinski definition) is 0. The highest BCUT2D eigenvalue weighted by Crippen LogP contribution is 2.22. The lowest BCUT2D eigenvalue weighted by atomic mass is 10.0. The van der Waals surface area contributed by atoms with Gasteiger partial charge in [0.1, 0.15) is 0 Å². The van der Waals surface area contributed by atoms with Crippen LogP contribution in [0.5, 0.6) is 0 Å². The highest BCUT2D eigenvalue weighted by atomic mass is 15.1. The number of benzene rings is 1. The van der Waals surface area contributed by atoms with Gasteiger partial charge in [-0.15, -0.1) is 0 Å². The zero-order valence-corrected chi connectivity index (χ0v) is 10.5. The van der Waals surface area contributed by atoms with Crippen molar-refractivity contribution in [3.05, 3.63) is 78.5 Å². The number of aromatic nitrogens is 2. The first-order valence-corrected chi connectivity index (χ1v) is 6.35. The molecule has 1 aromatic heterocycles. The molecule has 1 aromatic carbocycles. The lowest BCUT2D eigenvalue weighted by Gasteiger charge is -2.04. The molecule has 0 saturated carbocycles. The maximum absolute atomic E-state index is 4.21. The first-order chi connectivity index (χ1) is 9.43. The van der Waals surface area contributed by atoms with Crippen LogP contribution in [0.25, 0.3) is 16.8 Å². The van der Waals surface area contributed by atoms with E-state index >= 15 is 0 Å². The van der Waals surface area contributed by atoms with Crippen LogP contribution in [0.2, 0.25) is 0 Å². The third-order valence-corrected chi connectivity index (χ3v) is 3.04. The molecule has 0 aliphatic heterocycles. The monoisotopic (exact) mass is 246 g/mol. The zero-order chi connectivity index (χ0) is 12.9. The minimum atomic E-state index is 0.903. The Labute approximate surface area is 112 Å². The predicted octanol–water partition coefficient (Wildman–Crippen LogP) is 4.04. The molecule has 0 N–H and O–H groups in total. The van der Waals surface area contributed by atoms with E-state index in [1.807, 2.05) is 36.5 Å². The van der Waals surface area contributed by atoms with Crippen LogP contribution in [0, 0.1) is 0 Å². The second-order valence-corrected chi connectivity index (χ2v) is 4.38. The van der Waals surface area contributed by atoms with E-state index in [0.29, 0.717) is 0 Å². The molecule has 2 heteroatoms. The number of hydrogen-bond acceptors (Lipinski definition) is 2. The van der Waals surface area contributed by atoms with Crippen molar-refractivity contribution in [2.24, 2.45) is 0 Å². The van der Waals surface area contributed by atoms with Gasteiger partial charge in [0, 0.05) is 11.1 Å². The molecule has 1 heterocycles. The molecule has 1 aliphatic carbocycles. The molecule has 1 aliphatic rings. The summed E-state index contributed by atoms with van der Waals surface area (Å²) in [6.45, 7) is 0. The van der Waals surface area contributed by atoms with Crippen molar-refractivity contribution in [3.8, 4) is 11.3 Å². The predicted molar refractivity (Wildman–Crippen MR) is 78.3 cm³/mol. The van der Waals surface area contributed by atoms with E-state index in [2.05, 4.69) is 46.6 Å². The largest absolute Gasteiger partial charge is 0.158 e. The van der Waals surface area contributed by atoms with Crippen LogP contribution in [0.4, 0.5) is 0 Å². The van der Waals surface area contributed by atoms with E-state index in [1.54, 1.807) is 0 Å².